The zero-order valence-electron chi connectivity index (χ0n) is 12.1. The van der Waals surface area contributed by atoms with Gasteiger partial charge < -0.3 is 14.6 Å². The number of likely N-dealkylation sites (N-methyl/N-ethyl adjacent to an activating group) is 1. The van der Waals surface area contributed by atoms with Crippen LogP contribution in [0.1, 0.15) is 12.5 Å². The minimum atomic E-state index is -0.553. The molecule has 1 unspecified atom stereocenters. The summed E-state index contributed by atoms with van der Waals surface area (Å²) in [4.78, 5) is 2.11. The Bertz CT molecular complexity index is 414. The first-order chi connectivity index (χ1) is 9.69. The third kappa shape index (κ3) is 6.02. The van der Waals surface area contributed by atoms with E-state index in [4.69, 9.17) is 14.7 Å². The number of ether oxygens (including phenoxy) is 2. The van der Waals surface area contributed by atoms with Crippen molar-refractivity contribution >= 4 is 0 Å². The van der Waals surface area contributed by atoms with Crippen molar-refractivity contribution in [3.8, 4) is 11.8 Å². The molecule has 0 saturated carbocycles. The summed E-state index contributed by atoms with van der Waals surface area (Å²) in [7, 11) is 1.66. The Kier molecular flexibility index (Phi) is 7.66. The molecule has 0 saturated heterocycles. The molecule has 1 rings (SSSR count). The van der Waals surface area contributed by atoms with Crippen molar-refractivity contribution in [1.29, 1.82) is 5.26 Å². The van der Waals surface area contributed by atoms with Gasteiger partial charge in [-0.2, -0.15) is 5.26 Å². The van der Waals surface area contributed by atoms with Gasteiger partial charge in [0.2, 0.25) is 0 Å². The summed E-state index contributed by atoms with van der Waals surface area (Å²) in [6.45, 7) is 5.13. The molecule has 0 radical (unpaired) electrons. The van der Waals surface area contributed by atoms with Crippen LogP contribution in [0.5, 0.6) is 5.75 Å². The highest BCUT2D eigenvalue weighted by molar-refractivity contribution is 5.34. The Morgan fingerprint density at radius 1 is 1.35 bits per heavy atom. The number of aliphatic hydroxyl groups excluding tert-OH is 1. The van der Waals surface area contributed by atoms with Crippen LogP contribution < -0.4 is 4.74 Å². The lowest BCUT2D eigenvalue weighted by atomic mass is 10.2. The first kappa shape index (κ1) is 16.4. The van der Waals surface area contributed by atoms with Gasteiger partial charge in [0.1, 0.15) is 18.5 Å². The predicted molar refractivity (Wildman–Crippen MR) is 76.6 cm³/mol. The third-order valence-corrected chi connectivity index (χ3v) is 2.95. The van der Waals surface area contributed by atoms with Crippen LogP contribution in [0.25, 0.3) is 0 Å². The molecule has 1 aromatic rings. The number of nitrogens with zero attached hydrogens (tertiary/aromatic N) is 2. The lowest BCUT2D eigenvalue weighted by Gasteiger charge is -2.23. The summed E-state index contributed by atoms with van der Waals surface area (Å²) in [6.07, 6.45) is -0.553. The van der Waals surface area contributed by atoms with Gasteiger partial charge >= 0.3 is 0 Å². The molecule has 0 fully saturated rings. The van der Waals surface area contributed by atoms with E-state index in [0.717, 1.165) is 13.1 Å². The average molecular weight is 278 g/mol. The number of methoxy groups -OCH3 is 1. The molecular weight excluding hydrogens is 256 g/mol. The molecule has 0 bridgehead atoms. The lowest BCUT2D eigenvalue weighted by molar-refractivity contribution is 0.0592. The minimum Gasteiger partial charge on any atom is -0.491 e. The van der Waals surface area contributed by atoms with Gasteiger partial charge in [0, 0.05) is 20.2 Å². The summed E-state index contributed by atoms with van der Waals surface area (Å²) in [5.74, 6) is 0.656. The lowest BCUT2D eigenvalue weighted by Crippen LogP contribution is -2.37. The van der Waals surface area contributed by atoms with Crippen molar-refractivity contribution in [2.75, 3.05) is 40.0 Å². The van der Waals surface area contributed by atoms with Crippen LogP contribution in [0.15, 0.2) is 24.3 Å². The van der Waals surface area contributed by atoms with Crippen LogP contribution >= 0.6 is 0 Å². The van der Waals surface area contributed by atoms with E-state index >= 15 is 0 Å². The standard InChI is InChI=1S/C15H22N2O3/c1-3-17(8-9-19-2)11-14(18)12-20-15-6-4-13(10-16)5-7-15/h4-7,14,18H,3,8-9,11-12H2,1-2H3. The summed E-state index contributed by atoms with van der Waals surface area (Å²) < 4.78 is 10.5. The molecule has 20 heavy (non-hydrogen) atoms. The van der Waals surface area contributed by atoms with Crippen molar-refractivity contribution in [1.82, 2.24) is 4.90 Å². The molecule has 5 heteroatoms. The quantitative estimate of drug-likeness (QED) is 0.737. The van der Waals surface area contributed by atoms with Gasteiger partial charge in [-0.3, -0.25) is 4.90 Å². The van der Waals surface area contributed by atoms with E-state index in [9.17, 15) is 5.11 Å². The summed E-state index contributed by atoms with van der Waals surface area (Å²) in [5, 5.41) is 18.6. The van der Waals surface area contributed by atoms with Gasteiger partial charge in [-0.05, 0) is 30.8 Å². The monoisotopic (exact) mass is 278 g/mol. The second kappa shape index (κ2) is 9.32. The second-order valence-electron chi connectivity index (χ2n) is 4.49. The van der Waals surface area contributed by atoms with E-state index in [0.29, 0.717) is 24.5 Å². The van der Waals surface area contributed by atoms with E-state index < -0.39 is 6.10 Å². The zero-order valence-corrected chi connectivity index (χ0v) is 12.1. The van der Waals surface area contributed by atoms with Gasteiger partial charge in [-0.25, -0.2) is 0 Å². The van der Waals surface area contributed by atoms with E-state index in [1.807, 2.05) is 13.0 Å². The SMILES string of the molecule is CCN(CCOC)CC(O)COc1ccc(C#N)cc1. The molecule has 0 amide bonds. The van der Waals surface area contributed by atoms with Gasteiger partial charge in [-0.15, -0.1) is 0 Å². The Morgan fingerprint density at radius 3 is 2.60 bits per heavy atom. The minimum absolute atomic E-state index is 0.232. The maximum Gasteiger partial charge on any atom is 0.119 e. The molecular formula is C15H22N2O3. The highest BCUT2D eigenvalue weighted by atomic mass is 16.5. The highest BCUT2D eigenvalue weighted by Crippen LogP contribution is 2.11. The molecule has 0 aliphatic carbocycles. The molecule has 0 aromatic heterocycles. The average Bonchev–Trinajstić information content (AvgIpc) is 2.49. The summed E-state index contributed by atoms with van der Waals surface area (Å²) >= 11 is 0. The first-order valence-electron chi connectivity index (χ1n) is 6.72. The van der Waals surface area contributed by atoms with Crippen molar-refractivity contribution in [2.45, 2.75) is 13.0 Å². The smallest absolute Gasteiger partial charge is 0.119 e. The fourth-order valence-corrected chi connectivity index (χ4v) is 1.77. The predicted octanol–water partition coefficient (Wildman–Crippen LogP) is 1.27. The van der Waals surface area contributed by atoms with Crippen molar-refractivity contribution in [3.63, 3.8) is 0 Å². The fourth-order valence-electron chi connectivity index (χ4n) is 1.77. The largest absolute Gasteiger partial charge is 0.491 e. The van der Waals surface area contributed by atoms with Crippen LogP contribution in [-0.4, -0.2) is 56.1 Å². The zero-order chi connectivity index (χ0) is 14.8. The van der Waals surface area contributed by atoms with Crippen molar-refractivity contribution < 1.29 is 14.6 Å². The topological polar surface area (TPSA) is 65.7 Å². The second-order valence-corrected chi connectivity index (χ2v) is 4.49. The number of aliphatic hydroxyl groups is 1. The molecule has 0 heterocycles. The van der Waals surface area contributed by atoms with Gasteiger partial charge in [0.25, 0.3) is 0 Å². The molecule has 1 atom stereocenters. The molecule has 0 aliphatic heterocycles. The van der Waals surface area contributed by atoms with Crippen LogP contribution in [0.3, 0.4) is 0 Å². The van der Waals surface area contributed by atoms with Crippen LogP contribution in [0.2, 0.25) is 0 Å². The molecule has 5 nitrogen and oxygen atoms in total. The van der Waals surface area contributed by atoms with Crippen molar-refractivity contribution in [2.24, 2.45) is 0 Å². The summed E-state index contributed by atoms with van der Waals surface area (Å²) in [6, 6.07) is 8.89. The maximum atomic E-state index is 9.95. The molecule has 1 aromatic carbocycles. The molecule has 0 spiro atoms. The summed E-state index contributed by atoms with van der Waals surface area (Å²) in [5.41, 5.74) is 0.592. The van der Waals surface area contributed by atoms with E-state index in [-0.39, 0.29) is 6.61 Å². The highest BCUT2D eigenvalue weighted by Gasteiger charge is 2.11. The third-order valence-electron chi connectivity index (χ3n) is 2.95. The molecule has 1 N–H and O–H groups in total. The Hall–Kier alpha value is -1.61. The number of hydrogen-bond donors (Lipinski definition) is 1. The van der Waals surface area contributed by atoms with Gasteiger partial charge in [0.15, 0.2) is 0 Å². The van der Waals surface area contributed by atoms with E-state index in [1.54, 1.807) is 31.4 Å². The number of rotatable bonds is 9. The maximum absolute atomic E-state index is 9.95. The van der Waals surface area contributed by atoms with E-state index in [1.165, 1.54) is 0 Å². The van der Waals surface area contributed by atoms with Gasteiger partial charge in [0.05, 0.1) is 18.2 Å². The van der Waals surface area contributed by atoms with Crippen LogP contribution in [0, 0.1) is 11.3 Å². The normalized spacial score (nSPS) is 12.2. The van der Waals surface area contributed by atoms with Crippen LogP contribution in [-0.2, 0) is 4.74 Å². The van der Waals surface area contributed by atoms with Crippen molar-refractivity contribution in [3.05, 3.63) is 29.8 Å². The molecule has 110 valence electrons. The Labute approximate surface area is 120 Å². The van der Waals surface area contributed by atoms with Crippen LogP contribution in [0.4, 0.5) is 0 Å². The van der Waals surface area contributed by atoms with Gasteiger partial charge in [-0.1, -0.05) is 6.92 Å². The number of benzene rings is 1. The Morgan fingerprint density at radius 2 is 2.05 bits per heavy atom. The first-order valence-corrected chi connectivity index (χ1v) is 6.72. The molecule has 0 aliphatic rings. The van der Waals surface area contributed by atoms with E-state index in [2.05, 4.69) is 4.90 Å². The fraction of sp³-hybridized carbons (Fsp3) is 0.533. The number of nitriles is 1. The Balaban J connectivity index is 2.34. The number of hydrogen-bond acceptors (Lipinski definition) is 5.